The van der Waals surface area contributed by atoms with Crippen LogP contribution < -0.4 is 16.4 Å². The van der Waals surface area contributed by atoms with E-state index < -0.39 is 0 Å². The summed E-state index contributed by atoms with van der Waals surface area (Å²) in [6.07, 6.45) is 0. The van der Waals surface area contributed by atoms with Crippen molar-refractivity contribution in [3.05, 3.63) is 59.7 Å². The van der Waals surface area contributed by atoms with E-state index >= 15 is 0 Å². The van der Waals surface area contributed by atoms with Gasteiger partial charge in [0.15, 0.2) is 0 Å². The standard InChI is InChI=1S/C16H19N3O2/c1-18-16(21)12-7-8-13(17)14(9-12)19-15(10-20)11-5-3-2-4-6-11/h2-9,15,19-20H,10,17H2,1H3,(H,18,21). The molecule has 0 bridgehead atoms. The first kappa shape index (κ1) is 14.9. The van der Waals surface area contributed by atoms with Gasteiger partial charge < -0.3 is 21.5 Å². The van der Waals surface area contributed by atoms with Gasteiger partial charge in [-0.15, -0.1) is 0 Å². The lowest BCUT2D eigenvalue weighted by Gasteiger charge is -2.19. The van der Waals surface area contributed by atoms with E-state index in [1.54, 1.807) is 25.2 Å². The molecule has 0 spiro atoms. The molecule has 110 valence electrons. The molecule has 1 amide bonds. The largest absolute Gasteiger partial charge is 0.397 e. The number of aliphatic hydroxyl groups is 1. The lowest BCUT2D eigenvalue weighted by atomic mass is 10.1. The molecule has 1 unspecified atom stereocenters. The SMILES string of the molecule is CNC(=O)c1ccc(N)c(NC(CO)c2ccccc2)c1. The van der Waals surface area contributed by atoms with Crippen LogP contribution in [0, 0.1) is 0 Å². The average molecular weight is 285 g/mol. The van der Waals surface area contributed by atoms with Gasteiger partial charge in [-0.05, 0) is 23.8 Å². The second kappa shape index (κ2) is 6.76. The summed E-state index contributed by atoms with van der Waals surface area (Å²) in [6, 6.07) is 14.3. The van der Waals surface area contributed by atoms with Gasteiger partial charge in [0, 0.05) is 12.6 Å². The Hall–Kier alpha value is -2.53. The molecule has 0 aliphatic carbocycles. The van der Waals surface area contributed by atoms with E-state index in [4.69, 9.17) is 5.73 Å². The van der Waals surface area contributed by atoms with Crippen LogP contribution >= 0.6 is 0 Å². The van der Waals surface area contributed by atoms with Crippen LogP contribution in [-0.4, -0.2) is 24.7 Å². The lowest BCUT2D eigenvalue weighted by molar-refractivity contribution is 0.0963. The molecule has 0 heterocycles. The maximum atomic E-state index is 11.7. The predicted octanol–water partition coefficient (Wildman–Crippen LogP) is 1.77. The van der Waals surface area contributed by atoms with E-state index in [1.807, 2.05) is 30.3 Å². The molecule has 2 rings (SSSR count). The van der Waals surface area contributed by atoms with Gasteiger partial charge in [0.2, 0.25) is 0 Å². The van der Waals surface area contributed by atoms with Crippen LogP contribution in [0.1, 0.15) is 22.0 Å². The van der Waals surface area contributed by atoms with Crippen molar-refractivity contribution in [1.82, 2.24) is 5.32 Å². The van der Waals surface area contributed by atoms with Crippen LogP contribution in [0.15, 0.2) is 48.5 Å². The Bertz CT molecular complexity index is 614. The minimum absolute atomic E-state index is 0.0757. The zero-order chi connectivity index (χ0) is 15.2. The number of amides is 1. The fourth-order valence-corrected chi connectivity index (χ4v) is 2.07. The third-order valence-corrected chi connectivity index (χ3v) is 3.26. The van der Waals surface area contributed by atoms with Gasteiger partial charge in [0.25, 0.3) is 5.91 Å². The summed E-state index contributed by atoms with van der Waals surface area (Å²) < 4.78 is 0. The highest BCUT2D eigenvalue weighted by atomic mass is 16.3. The van der Waals surface area contributed by atoms with Crippen LogP contribution in [0.25, 0.3) is 0 Å². The van der Waals surface area contributed by atoms with Crippen molar-refractivity contribution in [1.29, 1.82) is 0 Å². The van der Waals surface area contributed by atoms with E-state index in [0.29, 0.717) is 16.9 Å². The van der Waals surface area contributed by atoms with Crippen molar-refractivity contribution in [2.45, 2.75) is 6.04 Å². The first-order valence-corrected chi connectivity index (χ1v) is 6.69. The van der Waals surface area contributed by atoms with Crippen LogP contribution in [0.4, 0.5) is 11.4 Å². The highest BCUT2D eigenvalue weighted by Gasteiger charge is 2.13. The number of hydrogen-bond donors (Lipinski definition) is 4. The molecule has 1 atom stereocenters. The fraction of sp³-hybridized carbons (Fsp3) is 0.188. The van der Waals surface area contributed by atoms with Gasteiger partial charge in [-0.2, -0.15) is 0 Å². The fourth-order valence-electron chi connectivity index (χ4n) is 2.07. The Balaban J connectivity index is 2.27. The zero-order valence-corrected chi connectivity index (χ0v) is 11.8. The van der Waals surface area contributed by atoms with Gasteiger partial charge in [-0.3, -0.25) is 4.79 Å². The molecule has 2 aromatic carbocycles. The van der Waals surface area contributed by atoms with E-state index in [1.165, 1.54) is 0 Å². The quantitative estimate of drug-likeness (QED) is 0.631. The summed E-state index contributed by atoms with van der Waals surface area (Å²) in [5.74, 6) is -0.182. The molecule has 0 aliphatic heterocycles. The first-order valence-electron chi connectivity index (χ1n) is 6.69. The topological polar surface area (TPSA) is 87.4 Å². The summed E-state index contributed by atoms with van der Waals surface area (Å²) in [5, 5.41) is 15.3. The number of benzene rings is 2. The Morgan fingerprint density at radius 1 is 1.24 bits per heavy atom. The molecule has 2 aromatic rings. The molecule has 5 nitrogen and oxygen atoms in total. The molecule has 21 heavy (non-hydrogen) atoms. The number of anilines is 2. The predicted molar refractivity (Wildman–Crippen MR) is 84.1 cm³/mol. The Morgan fingerprint density at radius 2 is 1.95 bits per heavy atom. The number of nitrogens with one attached hydrogen (secondary N) is 2. The minimum atomic E-state index is -0.284. The van der Waals surface area contributed by atoms with Gasteiger partial charge in [0.1, 0.15) is 0 Å². The highest BCUT2D eigenvalue weighted by molar-refractivity contribution is 5.96. The second-order valence-corrected chi connectivity index (χ2v) is 4.67. The Morgan fingerprint density at radius 3 is 2.57 bits per heavy atom. The number of aliphatic hydroxyl groups excluding tert-OH is 1. The number of nitrogens with two attached hydrogens (primary N) is 1. The normalized spacial score (nSPS) is 11.7. The van der Waals surface area contributed by atoms with Crippen molar-refractivity contribution >= 4 is 17.3 Å². The summed E-state index contributed by atoms with van der Waals surface area (Å²) >= 11 is 0. The number of rotatable bonds is 5. The van der Waals surface area contributed by atoms with Gasteiger partial charge in [-0.25, -0.2) is 0 Å². The van der Waals surface area contributed by atoms with Gasteiger partial charge in [0.05, 0.1) is 24.0 Å². The Labute approximate surface area is 123 Å². The summed E-state index contributed by atoms with van der Waals surface area (Å²) in [7, 11) is 1.58. The average Bonchev–Trinajstić information content (AvgIpc) is 2.54. The monoisotopic (exact) mass is 285 g/mol. The van der Waals surface area contributed by atoms with E-state index in [2.05, 4.69) is 10.6 Å². The van der Waals surface area contributed by atoms with Crippen LogP contribution in [0.3, 0.4) is 0 Å². The van der Waals surface area contributed by atoms with Crippen LogP contribution in [0.2, 0.25) is 0 Å². The molecule has 0 aromatic heterocycles. The summed E-state index contributed by atoms with van der Waals surface area (Å²) in [4.78, 5) is 11.7. The third-order valence-electron chi connectivity index (χ3n) is 3.26. The summed E-state index contributed by atoms with van der Waals surface area (Å²) in [5.41, 5.74) is 8.55. The highest BCUT2D eigenvalue weighted by Crippen LogP contribution is 2.25. The molecule has 0 fully saturated rings. The van der Waals surface area contributed by atoms with Crippen molar-refractivity contribution in [2.75, 3.05) is 24.7 Å². The van der Waals surface area contributed by atoms with Crippen molar-refractivity contribution < 1.29 is 9.90 Å². The van der Waals surface area contributed by atoms with Crippen LogP contribution in [-0.2, 0) is 0 Å². The molecule has 5 N–H and O–H groups in total. The number of carbonyl (C=O) groups is 1. The maximum Gasteiger partial charge on any atom is 0.251 e. The molecule has 0 aliphatic rings. The smallest absolute Gasteiger partial charge is 0.251 e. The number of nitrogen functional groups attached to an aromatic ring is 1. The zero-order valence-electron chi connectivity index (χ0n) is 11.8. The molecule has 0 radical (unpaired) electrons. The second-order valence-electron chi connectivity index (χ2n) is 4.67. The van der Waals surface area contributed by atoms with Crippen molar-refractivity contribution in [3.63, 3.8) is 0 Å². The Kier molecular flexibility index (Phi) is 4.79. The van der Waals surface area contributed by atoms with Gasteiger partial charge >= 0.3 is 0 Å². The summed E-state index contributed by atoms with van der Waals surface area (Å²) in [6.45, 7) is -0.0757. The molecule has 0 saturated carbocycles. The van der Waals surface area contributed by atoms with Gasteiger partial charge in [-0.1, -0.05) is 30.3 Å². The van der Waals surface area contributed by atoms with E-state index in [0.717, 1.165) is 5.56 Å². The number of carbonyl (C=O) groups excluding carboxylic acids is 1. The van der Waals surface area contributed by atoms with Crippen molar-refractivity contribution in [2.24, 2.45) is 0 Å². The first-order chi connectivity index (χ1) is 10.2. The number of hydrogen-bond acceptors (Lipinski definition) is 4. The lowest BCUT2D eigenvalue weighted by Crippen LogP contribution is -2.19. The molecule has 0 saturated heterocycles. The van der Waals surface area contributed by atoms with E-state index in [9.17, 15) is 9.90 Å². The molecule has 5 heteroatoms. The van der Waals surface area contributed by atoms with Crippen molar-refractivity contribution in [3.8, 4) is 0 Å². The maximum absolute atomic E-state index is 11.7. The molecular weight excluding hydrogens is 266 g/mol. The molecular formula is C16H19N3O2. The van der Waals surface area contributed by atoms with Crippen LogP contribution in [0.5, 0.6) is 0 Å². The minimum Gasteiger partial charge on any atom is -0.397 e. The van der Waals surface area contributed by atoms with E-state index in [-0.39, 0.29) is 18.6 Å². The third kappa shape index (κ3) is 3.52.